The number of hydrogen-bond acceptors (Lipinski definition) is 3. The first-order valence-electron chi connectivity index (χ1n) is 3.95. The van der Waals surface area contributed by atoms with E-state index < -0.39 is 9.05 Å². The average Bonchev–Trinajstić information content (AvgIpc) is 2.44. The van der Waals surface area contributed by atoms with Crippen molar-refractivity contribution in [2.24, 2.45) is 0 Å². The first kappa shape index (κ1) is 10.7. The van der Waals surface area contributed by atoms with Crippen molar-refractivity contribution < 1.29 is 13.2 Å². The number of rotatable bonds is 1. The molecule has 1 amide bonds. The van der Waals surface area contributed by atoms with Gasteiger partial charge in [0.1, 0.15) is 4.90 Å². The molecule has 4 nitrogen and oxygen atoms in total. The van der Waals surface area contributed by atoms with Crippen LogP contribution in [0.5, 0.6) is 0 Å². The fraction of sp³-hybridized carbons (Fsp3) is 0.125. The van der Waals surface area contributed by atoms with Crippen LogP contribution in [-0.4, -0.2) is 14.3 Å². The van der Waals surface area contributed by atoms with E-state index in [2.05, 4.69) is 5.32 Å². The Morgan fingerprint density at radius 3 is 2.60 bits per heavy atom. The molecule has 0 spiro atoms. The molecule has 1 N–H and O–H groups in total. The van der Waals surface area contributed by atoms with E-state index in [9.17, 15) is 13.2 Å². The van der Waals surface area contributed by atoms with Crippen LogP contribution in [0.1, 0.15) is 5.56 Å². The van der Waals surface area contributed by atoms with Gasteiger partial charge in [-0.15, -0.1) is 0 Å². The molecule has 1 heterocycles. The van der Waals surface area contributed by atoms with Crippen molar-refractivity contribution in [3.63, 3.8) is 0 Å². The second-order valence-electron chi connectivity index (χ2n) is 3.07. The van der Waals surface area contributed by atoms with Crippen LogP contribution in [0.25, 0.3) is 0 Å². The molecule has 1 aliphatic heterocycles. The van der Waals surface area contributed by atoms with Crippen LogP contribution < -0.4 is 5.32 Å². The topological polar surface area (TPSA) is 63.2 Å². The second-order valence-corrected chi connectivity index (χ2v) is 5.98. The molecule has 1 aromatic rings. The Kier molecular flexibility index (Phi) is 2.41. The van der Waals surface area contributed by atoms with E-state index in [-0.39, 0.29) is 22.2 Å². The van der Waals surface area contributed by atoms with Crippen LogP contribution in [0.15, 0.2) is 17.0 Å². The Morgan fingerprint density at radius 2 is 2.00 bits per heavy atom. The van der Waals surface area contributed by atoms with E-state index in [0.717, 1.165) is 0 Å². The summed E-state index contributed by atoms with van der Waals surface area (Å²) in [6.45, 7) is 0. The molecule has 0 fully saturated rings. The van der Waals surface area contributed by atoms with Gasteiger partial charge >= 0.3 is 0 Å². The third kappa shape index (κ3) is 1.82. The van der Waals surface area contributed by atoms with E-state index >= 15 is 0 Å². The Hall–Kier alpha value is -0.780. The number of halogens is 2. The second kappa shape index (κ2) is 3.37. The number of anilines is 1. The van der Waals surface area contributed by atoms with Gasteiger partial charge in [-0.05, 0) is 12.1 Å². The highest BCUT2D eigenvalue weighted by Crippen LogP contribution is 2.35. The Morgan fingerprint density at radius 1 is 1.33 bits per heavy atom. The van der Waals surface area contributed by atoms with E-state index in [1.807, 2.05) is 0 Å². The van der Waals surface area contributed by atoms with Gasteiger partial charge in [0, 0.05) is 21.9 Å². The highest BCUT2D eigenvalue weighted by atomic mass is 35.7. The smallest absolute Gasteiger partial charge is 0.262 e. The Labute approximate surface area is 95.6 Å². The summed E-state index contributed by atoms with van der Waals surface area (Å²) in [6, 6.07) is 2.75. The minimum atomic E-state index is -3.87. The van der Waals surface area contributed by atoms with Crippen molar-refractivity contribution in [1.29, 1.82) is 0 Å². The predicted octanol–water partition coefficient (Wildman–Crippen LogP) is 1.76. The SMILES string of the molecule is O=C1Cc2c(ccc(S(=O)(=O)Cl)c2Cl)N1. The van der Waals surface area contributed by atoms with Gasteiger partial charge in [-0.1, -0.05) is 11.6 Å². The summed E-state index contributed by atoms with van der Waals surface area (Å²) in [7, 11) is 1.31. The van der Waals surface area contributed by atoms with Crippen molar-refractivity contribution in [3.05, 3.63) is 22.7 Å². The first-order chi connectivity index (χ1) is 6.89. The normalized spacial score (nSPS) is 14.9. The molecule has 1 aromatic carbocycles. The molecule has 0 bridgehead atoms. The van der Waals surface area contributed by atoms with Gasteiger partial charge in [0.05, 0.1) is 11.4 Å². The van der Waals surface area contributed by atoms with Gasteiger partial charge in [0.25, 0.3) is 9.05 Å². The summed E-state index contributed by atoms with van der Waals surface area (Å²) in [5.74, 6) is -0.212. The van der Waals surface area contributed by atoms with Crippen molar-refractivity contribution in [2.45, 2.75) is 11.3 Å². The molecule has 0 saturated carbocycles. The van der Waals surface area contributed by atoms with Gasteiger partial charge in [-0.3, -0.25) is 4.79 Å². The molecule has 0 radical (unpaired) electrons. The predicted molar refractivity (Wildman–Crippen MR) is 56.8 cm³/mol. The summed E-state index contributed by atoms with van der Waals surface area (Å²) in [5.41, 5.74) is 1.01. The van der Waals surface area contributed by atoms with Crippen LogP contribution >= 0.6 is 22.3 Å². The minimum Gasteiger partial charge on any atom is -0.325 e. The maximum absolute atomic E-state index is 11.1. The summed E-state index contributed by atoms with van der Waals surface area (Å²) in [4.78, 5) is 10.9. The lowest BCUT2D eigenvalue weighted by Crippen LogP contribution is -2.03. The summed E-state index contributed by atoms with van der Waals surface area (Å²) in [6.07, 6.45) is 0.0778. The molecule has 0 aliphatic carbocycles. The van der Waals surface area contributed by atoms with Gasteiger partial charge in [0.15, 0.2) is 0 Å². The van der Waals surface area contributed by atoms with E-state index in [1.165, 1.54) is 12.1 Å². The third-order valence-electron chi connectivity index (χ3n) is 2.08. The number of hydrogen-bond donors (Lipinski definition) is 1. The van der Waals surface area contributed by atoms with Gasteiger partial charge in [0.2, 0.25) is 5.91 Å². The van der Waals surface area contributed by atoms with Crippen molar-refractivity contribution in [3.8, 4) is 0 Å². The molecule has 2 rings (SSSR count). The van der Waals surface area contributed by atoms with Crippen LogP contribution in [0.3, 0.4) is 0 Å². The van der Waals surface area contributed by atoms with Crippen LogP contribution in [-0.2, 0) is 20.3 Å². The molecule has 0 unspecified atom stereocenters. The van der Waals surface area contributed by atoms with E-state index in [0.29, 0.717) is 11.3 Å². The maximum Gasteiger partial charge on any atom is 0.262 e. The Bertz CT molecular complexity index is 553. The number of carbonyl (C=O) groups is 1. The lowest BCUT2D eigenvalue weighted by molar-refractivity contribution is -0.115. The van der Waals surface area contributed by atoms with Gasteiger partial charge in [-0.25, -0.2) is 8.42 Å². The van der Waals surface area contributed by atoms with E-state index in [4.69, 9.17) is 22.3 Å². The molecule has 15 heavy (non-hydrogen) atoms. The molecular weight excluding hydrogens is 261 g/mol. The largest absolute Gasteiger partial charge is 0.325 e. The Balaban J connectivity index is 2.67. The molecular formula is C8H5Cl2NO3S. The van der Waals surface area contributed by atoms with Crippen molar-refractivity contribution in [2.75, 3.05) is 5.32 Å². The quantitative estimate of drug-likeness (QED) is 0.788. The third-order valence-corrected chi connectivity index (χ3v) is 3.99. The zero-order valence-corrected chi connectivity index (χ0v) is 9.58. The zero-order chi connectivity index (χ0) is 11.2. The summed E-state index contributed by atoms with van der Waals surface area (Å²) >= 11 is 5.85. The summed E-state index contributed by atoms with van der Waals surface area (Å²) in [5, 5.41) is 2.57. The van der Waals surface area contributed by atoms with Crippen molar-refractivity contribution >= 4 is 42.9 Å². The van der Waals surface area contributed by atoms with Gasteiger partial charge in [-0.2, -0.15) is 0 Å². The first-order valence-corrected chi connectivity index (χ1v) is 6.64. The fourth-order valence-electron chi connectivity index (χ4n) is 1.43. The number of carbonyl (C=O) groups excluding carboxylic acids is 1. The average molecular weight is 266 g/mol. The van der Waals surface area contributed by atoms with Gasteiger partial charge < -0.3 is 5.32 Å². The van der Waals surface area contributed by atoms with Crippen LogP contribution in [0.4, 0.5) is 5.69 Å². The highest BCUT2D eigenvalue weighted by molar-refractivity contribution is 8.13. The number of benzene rings is 1. The van der Waals surface area contributed by atoms with Crippen LogP contribution in [0, 0.1) is 0 Å². The highest BCUT2D eigenvalue weighted by Gasteiger charge is 2.25. The fourth-order valence-corrected chi connectivity index (χ4v) is 3.04. The molecule has 1 aliphatic rings. The zero-order valence-electron chi connectivity index (χ0n) is 7.25. The minimum absolute atomic E-state index is 0.0147. The molecule has 7 heteroatoms. The van der Waals surface area contributed by atoms with E-state index in [1.54, 1.807) is 0 Å². The standard InChI is InChI=1S/C8H5Cl2NO3S/c9-8-4-3-7(12)11-5(4)1-2-6(8)15(10,13)14/h1-2H,3H2,(H,11,12). The van der Waals surface area contributed by atoms with Crippen LogP contribution in [0.2, 0.25) is 5.02 Å². The number of nitrogens with one attached hydrogen (secondary N) is 1. The molecule has 0 atom stereocenters. The lowest BCUT2D eigenvalue weighted by atomic mass is 10.2. The number of fused-ring (bicyclic) bond motifs is 1. The summed E-state index contributed by atoms with van der Waals surface area (Å²) < 4.78 is 22.2. The molecule has 80 valence electrons. The monoisotopic (exact) mass is 265 g/mol. The number of amides is 1. The van der Waals surface area contributed by atoms with Crippen molar-refractivity contribution in [1.82, 2.24) is 0 Å². The molecule has 0 saturated heterocycles. The lowest BCUT2D eigenvalue weighted by Gasteiger charge is -2.04. The molecule has 0 aromatic heterocycles. The maximum atomic E-state index is 11.1.